The highest BCUT2D eigenvalue weighted by Crippen LogP contribution is 2.37. The third kappa shape index (κ3) is 1.82. The summed E-state index contributed by atoms with van der Waals surface area (Å²) in [6.45, 7) is 1.97. The summed E-state index contributed by atoms with van der Waals surface area (Å²) in [6.07, 6.45) is 6.33. The van der Waals surface area contributed by atoms with E-state index in [1.807, 2.05) is 11.0 Å². The number of nitrogens with zero attached hydrogens (tertiary/aromatic N) is 2. The van der Waals surface area contributed by atoms with Gasteiger partial charge in [0.25, 0.3) is 0 Å². The molecule has 0 spiro atoms. The first-order valence-electron chi connectivity index (χ1n) is 6.52. The molecular weight excluding hydrogens is 233 g/mol. The van der Waals surface area contributed by atoms with Gasteiger partial charge < -0.3 is 10.6 Å². The molecule has 2 saturated heterocycles. The zero-order chi connectivity index (χ0) is 12.7. The van der Waals surface area contributed by atoms with E-state index in [0.717, 1.165) is 38.0 Å². The Morgan fingerprint density at radius 1 is 1.56 bits per heavy atom. The maximum atomic E-state index is 14.1. The van der Waals surface area contributed by atoms with Crippen molar-refractivity contribution in [3.05, 3.63) is 23.7 Å². The Bertz CT molecular complexity index is 432. The van der Waals surface area contributed by atoms with Gasteiger partial charge in [-0.05, 0) is 25.3 Å². The summed E-state index contributed by atoms with van der Waals surface area (Å²) in [7, 11) is 0. The lowest BCUT2D eigenvalue weighted by molar-refractivity contribution is -0.120. The molecule has 0 aromatic rings. The maximum absolute atomic E-state index is 14.1. The van der Waals surface area contributed by atoms with E-state index in [4.69, 9.17) is 5.73 Å². The van der Waals surface area contributed by atoms with Gasteiger partial charge in [-0.25, -0.2) is 4.39 Å². The number of allylic oxidation sites excluding steroid dienone is 2. The molecule has 98 valence electrons. The van der Waals surface area contributed by atoms with Crippen LogP contribution in [0.2, 0.25) is 0 Å². The predicted octanol–water partition coefficient (Wildman–Crippen LogP) is 0.761. The van der Waals surface area contributed by atoms with E-state index < -0.39 is 0 Å². The minimum absolute atomic E-state index is 0.0168. The van der Waals surface area contributed by atoms with E-state index in [0.29, 0.717) is 6.04 Å². The second-order valence-corrected chi connectivity index (χ2v) is 5.27. The molecule has 1 amide bonds. The third-order valence-corrected chi connectivity index (χ3v) is 4.12. The highest BCUT2D eigenvalue weighted by Gasteiger charge is 2.41. The smallest absolute Gasteiger partial charge is 0.231 e. The van der Waals surface area contributed by atoms with Crippen molar-refractivity contribution in [1.29, 1.82) is 0 Å². The molecule has 18 heavy (non-hydrogen) atoms. The Morgan fingerprint density at radius 3 is 3.17 bits per heavy atom. The lowest BCUT2D eigenvalue weighted by Crippen LogP contribution is -2.56. The monoisotopic (exact) mass is 251 g/mol. The van der Waals surface area contributed by atoms with E-state index in [-0.39, 0.29) is 24.3 Å². The number of primary amides is 1. The molecule has 0 aromatic heterocycles. The first-order valence-corrected chi connectivity index (χ1v) is 6.52. The zero-order valence-corrected chi connectivity index (χ0v) is 10.3. The van der Waals surface area contributed by atoms with Crippen LogP contribution in [0.5, 0.6) is 0 Å². The molecule has 2 aliphatic heterocycles. The van der Waals surface area contributed by atoms with Gasteiger partial charge in [-0.2, -0.15) is 0 Å². The van der Waals surface area contributed by atoms with E-state index in [1.165, 1.54) is 0 Å². The van der Waals surface area contributed by atoms with Crippen molar-refractivity contribution < 1.29 is 9.18 Å². The average Bonchev–Trinajstić information content (AvgIpc) is 2.76. The normalized spacial score (nSPS) is 31.5. The molecule has 0 aromatic carbocycles. The topological polar surface area (TPSA) is 49.6 Å². The second kappa shape index (κ2) is 4.39. The summed E-state index contributed by atoms with van der Waals surface area (Å²) in [4.78, 5) is 15.4. The summed E-state index contributed by atoms with van der Waals surface area (Å²) in [5.74, 6) is -0.483. The van der Waals surface area contributed by atoms with Crippen LogP contribution < -0.4 is 5.73 Å². The van der Waals surface area contributed by atoms with Crippen LogP contribution in [0.4, 0.5) is 4.39 Å². The summed E-state index contributed by atoms with van der Waals surface area (Å²) >= 11 is 0. The van der Waals surface area contributed by atoms with E-state index in [1.54, 1.807) is 6.08 Å². The molecule has 0 unspecified atom stereocenters. The number of nitrogens with two attached hydrogens (primary N) is 1. The Balaban J connectivity index is 1.93. The van der Waals surface area contributed by atoms with E-state index in [9.17, 15) is 9.18 Å². The van der Waals surface area contributed by atoms with Crippen LogP contribution in [0, 0.1) is 0 Å². The van der Waals surface area contributed by atoms with Crippen LogP contribution in [0.15, 0.2) is 23.7 Å². The number of amides is 1. The first kappa shape index (κ1) is 11.7. The molecule has 4 nitrogen and oxygen atoms in total. The molecule has 2 fully saturated rings. The van der Waals surface area contributed by atoms with Crippen molar-refractivity contribution in [3.8, 4) is 0 Å². The zero-order valence-electron chi connectivity index (χ0n) is 10.3. The fraction of sp³-hybridized carbons (Fsp3) is 0.615. The van der Waals surface area contributed by atoms with Crippen LogP contribution in [-0.2, 0) is 4.79 Å². The van der Waals surface area contributed by atoms with Gasteiger partial charge in [-0.15, -0.1) is 0 Å². The van der Waals surface area contributed by atoms with E-state index in [2.05, 4.69) is 4.90 Å². The number of carbonyl (C=O) groups excluding carboxylic acids is 1. The maximum Gasteiger partial charge on any atom is 0.231 e. The Labute approximate surface area is 106 Å². The van der Waals surface area contributed by atoms with Gasteiger partial charge in [0.15, 0.2) is 0 Å². The number of hydrogen-bond donors (Lipinski definition) is 1. The number of piperazine rings is 1. The molecule has 1 aliphatic carbocycles. The summed E-state index contributed by atoms with van der Waals surface area (Å²) < 4.78 is 14.1. The summed E-state index contributed by atoms with van der Waals surface area (Å²) in [5.41, 5.74) is 6.07. The predicted molar refractivity (Wildman–Crippen MR) is 66.2 cm³/mol. The molecule has 0 radical (unpaired) electrons. The molecule has 3 aliphatic rings. The highest BCUT2D eigenvalue weighted by atomic mass is 19.1. The van der Waals surface area contributed by atoms with Gasteiger partial charge in [0.2, 0.25) is 5.91 Å². The third-order valence-electron chi connectivity index (χ3n) is 4.12. The fourth-order valence-corrected chi connectivity index (χ4v) is 3.42. The van der Waals surface area contributed by atoms with E-state index >= 15 is 0 Å². The standard InChI is InChI=1S/C13H18FN3O/c14-10-4-1-5-11-13(10)17-6-2-3-9(17)7-16(11)8-12(15)18/h1,4,9,11H,2-3,5-8H2,(H2,15,18)/t9-,11-/m1/s1. The second-order valence-electron chi connectivity index (χ2n) is 5.27. The molecular formula is C13H18FN3O. The van der Waals surface area contributed by atoms with Crippen molar-refractivity contribution in [2.45, 2.75) is 31.3 Å². The Kier molecular flexibility index (Phi) is 2.86. The number of fused-ring (bicyclic) bond motifs is 3. The van der Waals surface area contributed by atoms with Crippen molar-refractivity contribution >= 4 is 5.91 Å². The van der Waals surface area contributed by atoms with Crippen LogP contribution in [0.1, 0.15) is 19.3 Å². The van der Waals surface area contributed by atoms with Crippen LogP contribution in [0.25, 0.3) is 0 Å². The molecule has 0 saturated carbocycles. The van der Waals surface area contributed by atoms with Crippen molar-refractivity contribution in [2.24, 2.45) is 5.73 Å². The minimum Gasteiger partial charge on any atom is -0.369 e. The molecule has 3 rings (SSSR count). The van der Waals surface area contributed by atoms with Crippen molar-refractivity contribution in [2.75, 3.05) is 19.6 Å². The lowest BCUT2D eigenvalue weighted by Gasteiger charge is -2.46. The molecule has 5 heteroatoms. The summed E-state index contributed by atoms with van der Waals surface area (Å²) in [5, 5.41) is 0. The number of halogens is 1. The van der Waals surface area contributed by atoms with Gasteiger partial charge in [-0.3, -0.25) is 9.69 Å². The minimum atomic E-state index is -0.337. The number of rotatable bonds is 2. The largest absolute Gasteiger partial charge is 0.369 e. The lowest BCUT2D eigenvalue weighted by atomic mass is 9.96. The molecule has 2 N–H and O–H groups in total. The van der Waals surface area contributed by atoms with Gasteiger partial charge in [-0.1, -0.05) is 6.08 Å². The van der Waals surface area contributed by atoms with Gasteiger partial charge in [0, 0.05) is 19.1 Å². The average molecular weight is 251 g/mol. The number of carbonyl (C=O) groups is 1. The SMILES string of the molecule is NC(=O)CN1C[C@H]2CCCN2C2=C(F)C=CC[C@H]21. The van der Waals surface area contributed by atoms with Crippen LogP contribution >= 0.6 is 0 Å². The summed E-state index contributed by atoms with van der Waals surface area (Å²) in [6, 6.07) is 0.324. The molecule has 2 atom stereocenters. The van der Waals surface area contributed by atoms with Gasteiger partial charge in [0.05, 0.1) is 18.3 Å². The number of hydrogen-bond acceptors (Lipinski definition) is 3. The Hall–Kier alpha value is -1.36. The van der Waals surface area contributed by atoms with Gasteiger partial charge >= 0.3 is 0 Å². The van der Waals surface area contributed by atoms with Crippen LogP contribution in [-0.4, -0.2) is 47.4 Å². The highest BCUT2D eigenvalue weighted by molar-refractivity contribution is 5.76. The van der Waals surface area contributed by atoms with Crippen LogP contribution in [0.3, 0.4) is 0 Å². The fourth-order valence-electron chi connectivity index (χ4n) is 3.42. The van der Waals surface area contributed by atoms with Crippen molar-refractivity contribution in [3.63, 3.8) is 0 Å². The van der Waals surface area contributed by atoms with Crippen molar-refractivity contribution in [1.82, 2.24) is 9.80 Å². The van der Waals surface area contributed by atoms with Gasteiger partial charge in [0.1, 0.15) is 5.83 Å². The Morgan fingerprint density at radius 2 is 2.39 bits per heavy atom. The first-order chi connectivity index (χ1) is 8.66. The molecule has 2 heterocycles. The quantitative estimate of drug-likeness (QED) is 0.788. The molecule has 0 bridgehead atoms.